The fraction of sp³-hybridized carbons (Fsp3) is 0.558. The normalized spacial score (nSPS) is 24.7. The summed E-state index contributed by atoms with van der Waals surface area (Å²) in [7, 11) is 0. The molecule has 0 unspecified atom stereocenters. The first kappa shape index (κ1) is 55.9. The number of amides is 8. The van der Waals surface area contributed by atoms with Gasteiger partial charge >= 0.3 is 0 Å². The number of rotatable bonds is 13. The Morgan fingerprint density at radius 2 is 1.42 bits per heavy atom. The molecule has 0 bridgehead atoms. The first-order valence-electron chi connectivity index (χ1n) is 25.3. The molecule has 20 heteroatoms. The van der Waals surface area contributed by atoms with Crippen molar-refractivity contribution in [3.8, 4) is 0 Å². The van der Waals surface area contributed by atoms with Crippen LogP contribution in [0.2, 0.25) is 0 Å². The van der Waals surface area contributed by atoms with Crippen LogP contribution < -0.4 is 54.4 Å². The Bertz CT molecular complexity index is 2390. The van der Waals surface area contributed by atoms with Crippen LogP contribution in [0.25, 0.3) is 10.9 Å². The summed E-state index contributed by atoms with van der Waals surface area (Å²) in [4.78, 5) is 120. The molecule has 3 aromatic rings. The predicted octanol–water partition coefficient (Wildman–Crippen LogP) is 1.89. The van der Waals surface area contributed by atoms with E-state index in [0.29, 0.717) is 43.2 Å². The van der Waals surface area contributed by atoms with Crippen molar-refractivity contribution in [2.45, 2.75) is 160 Å². The molecule has 392 valence electrons. The fourth-order valence-corrected chi connectivity index (χ4v) is 9.44. The molecule has 5 rings (SSSR count). The lowest BCUT2D eigenvalue weighted by atomic mass is 9.67. The summed E-state index contributed by atoms with van der Waals surface area (Å²) in [6, 6.07) is 10.00. The molecule has 20 nitrogen and oxygen atoms in total. The van der Waals surface area contributed by atoms with E-state index in [4.69, 9.17) is 17.2 Å². The first-order valence-corrected chi connectivity index (χ1v) is 25.3. The molecule has 0 radical (unpaired) electrons. The number of benzene rings is 2. The number of guanidine groups is 1. The van der Waals surface area contributed by atoms with Gasteiger partial charge in [0.2, 0.25) is 47.3 Å². The Morgan fingerprint density at radius 3 is 2.10 bits per heavy atom. The summed E-state index contributed by atoms with van der Waals surface area (Å²) < 4.78 is 0. The van der Waals surface area contributed by atoms with E-state index >= 15 is 4.79 Å². The Labute approximate surface area is 421 Å². The van der Waals surface area contributed by atoms with E-state index in [-0.39, 0.29) is 81.7 Å². The minimum Gasteiger partial charge on any atom is -0.370 e. The van der Waals surface area contributed by atoms with Crippen molar-refractivity contribution in [3.05, 3.63) is 71.9 Å². The zero-order chi connectivity index (χ0) is 52.4. The van der Waals surface area contributed by atoms with Gasteiger partial charge in [-0.1, -0.05) is 82.6 Å². The van der Waals surface area contributed by atoms with Crippen LogP contribution in [-0.2, 0) is 51.2 Å². The maximum absolute atomic E-state index is 15.1. The number of primary amides is 1. The molecule has 72 heavy (non-hydrogen) atoms. The van der Waals surface area contributed by atoms with Crippen LogP contribution in [0.1, 0.15) is 122 Å². The van der Waals surface area contributed by atoms with Crippen LogP contribution in [0, 0.1) is 11.3 Å². The summed E-state index contributed by atoms with van der Waals surface area (Å²) in [5.74, 6) is -5.34. The van der Waals surface area contributed by atoms with Crippen molar-refractivity contribution >= 4 is 64.1 Å². The number of nitrogens with zero attached hydrogens (tertiary/aromatic N) is 1. The van der Waals surface area contributed by atoms with Crippen LogP contribution in [0.5, 0.6) is 0 Å². The number of unbranched alkanes of at least 4 members (excludes halogenated alkanes) is 1. The summed E-state index contributed by atoms with van der Waals surface area (Å²) in [6.07, 6.45) is 5.09. The molecule has 2 aliphatic rings. The smallest absolute Gasteiger partial charge is 0.246 e. The number of carbonyl (C=O) groups excluding carboxylic acids is 8. The number of hydrogen-bond donors (Lipinski definition) is 11. The minimum absolute atomic E-state index is 0.00199. The quantitative estimate of drug-likeness (QED) is 0.0671. The molecule has 2 fully saturated rings. The lowest BCUT2D eigenvalue weighted by Gasteiger charge is -2.44. The maximum Gasteiger partial charge on any atom is 0.246 e. The third kappa shape index (κ3) is 16.5. The summed E-state index contributed by atoms with van der Waals surface area (Å²) >= 11 is 0. The van der Waals surface area contributed by atoms with Crippen molar-refractivity contribution in [3.63, 3.8) is 0 Å². The zero-order valence-corrected chi connectivity index (χ0v) is 42.2. The van der Waals surface area contributed by atoms with Gasteiger partial charge in [-0.2, -0.15) is 0 Å². The lowest BCUT2D eigenvalue weighted by Crippen LogP contribution is -2.66. The minimum atomic E-state index is -1.57. The molecule has 1 aromatic heterocycles. The fourth-order valence-electron chi connectivity index (χ4n) is 9.44. The molecule has 14 N–H and O–H groups in total. The van der Waals surface area contributed by atoms with E-state index in [0.717, 1.165) is 17.3 Å². The topological polar surface area (TPSA) is 327 Å². The highest BCUT2D eigenvalue weighted by Gasteiger charge is 2.47. The second-order valence-electron chi connectivity index (χ2n) is 20.3. The van der Waals surface area contributed by atoms with Gasteiger partial charge in [0.1, 0.15) is 35.7 Å². The number of carbonyl (C=O) groups is 8. The van der Waals surface area contributed by atoms with E-state index in [2.05, 4.69) is 68.0 Å². The highest BCUT2D eigenvalue weighted by Crippen LogP contribution is 2.42. The van der Waals surface area contributed by atoms with Gasteiger partial charge in [-0.3, -0.25) is 43.3 Å². The number of aromatic amines is 1. The van der Waals surface area contributed by atoms with Crippen molar-refractivity contribution in [2.24, 2.45) is 33.5 Å². The molecule has 1 saturated carbocycles. The lowest BCUT2D eigenvalue weighted by molar-refractivity contribution is -0.140. The monoisotopic (exact) mass is 997 g/mol. The number of nitrogens with two attached hydrogens (primary N) is 3. The number of para-hydroxylation sites is 1. The second-order valence-corrected chi connectivity index (χ2v) is 20.3. The standard InChI is InChI=1S/C52H76N12O8/c1-5-6-21-42(65)59-41-30-43(66)56-26-13-12-19-37(44(53)67)60-47(70)40(29-33-31-58-36-18-11-10-17-35(33)36)62-45(68)38(20-14-27-57-50(54)55)61-46(69)39(28-32-15-8-7-9-16-32)63-49(72)52(64-48(41)71)24-22-34(23-25-52)51(2,3)4/h7-11,15-18,31,34,37-41,58H,5-6,12-14,19-30H2,1-4H3,(H2,53,67)(H,56,66)(H,59,65)(H,60,70)(H,61,69)(H,62,68)(H,63,72)(H,64,71)(H4,54,55,57)/t34?,37-,38-,39+,40-,41-,52?/m0/s1. The van der Waals surface area contributed by atoms with Crippen LogP contribution >= 0.6 is 0 Å². The molecule has 2 aromatic carbocycles. The van der Waals surface area contributed by atoms with E-state index < -0.39 is 89.4 Å². The number of aromatic nitrogens is 1. The van der Waals surface area contributed by atoms with Gasteiger partial charge in [0.25, 0.3) is 0 Å². The maximum atomic E-state index is 15.1. The number of fused-ring (bicyclic) bond motifs is 1. The largest absolute Gasteiger partial charge is 0.370 e. The predicted molar refractivity (Wildman–Crippen MR) is 274 cm³/mol. The molecule has 1 aliphatic heterocycles. The first-order chi connectivity index (χ1) is 34.3. The van der Waals surface area contributed by atoms with E-state index in [9.17, 15) is 33.6 Å². The number of H-pyrrole nitrogens is 1. The molecular formula is C52H76N12O8. The third-order valence-corrected chi connectivity index (χ3v) is 13.8. The van der Waals surface area contributed by atoms with Crippen molar-refractivity contribution in [1.82, 2.24) is 42.2 Å². The number of hydrogen-bond acceptors (Lipinski definition) is 9. The highest BCUT2D eigenvalue weighted by molar-refractivity contribution is 6.00. The van der Waals surface area contributed by atoms with Crippen LogP contribution in [-0.4, -0.2) is 107 Å². The van der Waals surface area contributed by atoms with Crippen molar-refractivity contribution in [1.29, 1.82) is 0 Å². The Kier molecular flexibility index (Phi) is 20.6. The molecular weight excluding hydrogens is 921 g/mol. The van der Waals surface area contributed by atoms with Gasteiger partial charge in [0, 0.05) is 49.5 Å². The van der Waals surface area contributed by atoms with Gasteiger partial charge in [-0.25, -0.2) is 0 Å². The van der Waals surface area contributed by atoms with E-state index in [1.807, 2.05) is 37.3 Å². The second kappa shape index (κ2) is 26.5. The highest BCUT2D eigenvalue weighted by atomic mass is 16.2. The van der Waals surface area contributed by atoms with Crippen molar-refractivity contribution < 1.29 is 38.4 Å². The molecule has 8 amide bonds. The zero-order valence-electron chi connectivity index (χ0n) is 42.2. The van der Waals surface area contributed by atoms with Gasteiger partial charge in [0.15, 0.2) is 5.96 Å². The summed E-state index contributed by atoms with van der Waals surface area (Å²) in [5.41, 5.74) is 17.5. The molecule has 1 saturated heterocycles. The summed E-state index contributed by atoms with van der Waals surface area (Å²) in [6.45, 7) is 8.50. The van der Waals surface area contributed by atoms with Gasteiger partial charge in [-0.05, 0) is 92.7 Å². The Hall–Kier alpha value is -6.99. The number of aliphatic imine (C=N–C) groups is 1. The number of nitrogens with one attached hydrogen (secondary N) is 8. The van der Waals surface area contributed by atoms with Crippen LogP contribution in [0.15, 0.2) is 65.8 Å². The van der Waals surface area contributed by atoms with Gasteiger partial charge < -0.3 is 59.4 Å². The van der Waals surface area contributed by atoms with Gasteiger partial charge in [-0.15, -0.1) is 0 Å². The van der Waals surface area contributed by atoms with Crippen LogP contribution in [0.4, 0.5) is 0 Å². The Morgan fingerprint density at radius 1 is 0.764 bits per heavy atom. The van der Waals surface area contributed by atoms with E-state index in [1.165, 1.54) is 0 Å². The molecule has 1 aliphatic carbocycles. The molecule has 5 atom stereocenters. The average Bonchev–Trinajstić information content (AvgIpc) is 3.75. The molecule has 1 spiro atoms. The van der Waals surface area contributed by atoms with Gasteiger partial charge in [0.05, 0.1) is 6.42 Å². The third-order valence-electron chi connectivity index (χ3n) is 13.8. The summed E-state index contributed by atoms with van der Waals surface area (Å²) in [5, 5.41) is 20.7. The average molecular weight is 997 g/mol. The SMILES string of the molecule is CCCCC(=O)N[C@H]1CC(=O)NCCCC[C@@H](C(N)=O)NC(=O)[C@H](Cc2c[nH]c3ccccc23)NC(=O)[C@H](CCCN=C(N)N)NC(=O)[C@@H](Cc2ccccc2)NC(=O)C2(CCC(C(C)(C)C)CC2)NC1=O. The van der Waals surface area contributed by atoms with Crippen LogP contribution in [0.3, 0.4) is 0 Å². The van der Waals surface area contributed by atoms with Crippen molar-refractivity contribution in [2.75, 3.05) is 13.1 Å². The molecule has 2 heterocycles. The van der Waals surface area contributed by atoms with E-state index in [1.54, 1.807) is 30.5 Å². The Balaban J connectivity index is 1.57.